The van der Waals surface area contributed by atoms with Crippen molar-refractivity contribution in [1.29, 1.82) is 0 Å². The molecule has 0 aromatic heterocycles. The zero-order chi connectivity index (χ0) is 30.8. The molecule has 1 rings (SSSR count). The Bertz CT molecular complexity index is 1030. The number of carbonyl (C=O) groups excluding carboxylic acids is 3. The number of guanidine groups is 1. The summed E-state index contributed by atoms with van der Waals surface area (Å²) in [6, 6.07) is 4.11. The minimum atomic E-state index is -1.26. The van der Waals surface area contributed by atoms with Crippen LogP contribution in [0.4, 0.5) is 0 Å². The van der Waals surface area contributed by atoms with Crippen molar-refractivity contribution in [2.45, 2.75) is 75.5 Å². The number of carbonyl (C=O) groups is 5. The van der Waals surface area contributed by atoms with Crippen LogP contribution in [-0.4, -0.2) is 83.1 Å². The maximum absolute atomic E-state index is 13.4. The average Bonchev–Trinajstić information content (AvgIpc) is 2.92. The first-order valence-corrected chi connectivity index (χ1v) is 13.3. The van der Waals surface area contributed by atoms with E-state index >= 15 is 0 Å². The molecule has 0 saturated carbocycles. The summed E-state index contributed by atoms with van der Waals surface area (Å²) in [7, 11) is 0. The highest BCUT2D eigenvalue weighted by molar-refractivity contribution is 5.94. The van der Waals surface area contributed by atoms with Crippen LogP contribution in [0, 0.1) is 0 Å². The topological polar surface area (TPSA) is 278 Å². The molecule has 4 atom stereocenters. The van der Waals surface area contributed by atoms with Crippen LogP contribution in [0.5, 0.6) is 0 Å². The van der Waals surface area contributed by atoms with Crippen molar-refractivity contribution >= 4 is 35.6 Å². The number of amides is 3. The Labute approximate surface area is 238 Å². The summed E-state index contributed by atoms with van der Waals surface area (Å²) >= 11 is 0. The van der Waals surface area contributed by atoms with Crippen LogP contribution < -0.4 is 38.9 Å². The minimum Gasteiger partial charge on any atom is -0.481 e. The van der Waals surface area contributed by atoms with Crippen molar-refractivity contribution in [1.82, 2.24) is 16.0 Å². The van der Waals surface area contributed by atoms with Crippen molar-refractivity contribution in [2.75, 3.05) is 13.1 Å². The number of carboxylic acid groups (broad SMARTS) is 2. The third-order valence-corrected chi connectivity index (χ3v) is 6.06. The Hall–Kier alpha value is -4.24. The number of aliphatic carboxylic acids is 2. The van der Waals surface area contributed by atoms with E-state index in [1.807, 2.05) is 0 Å². The lowest BCUT2D eigenvalue weighted by molar-refractivity contribution is -0.142. The van der Waals surface area contributed by atoms with Crippen LogP contribution in [0.2, 0.25) is 0 Å². The summed E-state index contributed by atoms with van der Waals surface area (Å²) in [5, 5.41) is 26.1. The average molecular weight is 579 g/mol. The van der Waals surface area contributed by atoms with E-state index in [0.29, 0.717) is 24.9 Å². The Balaban J connectivity index is 3.07. The van der Waals surface area contributed by atoms with Crippen LogP contribution in [-0.2, 0) is 30.4 Å². The number of hydrogen-bond donors (Lipinski definition) is 9. The third-order valence-electron chi connectivity index (χ3n) is 6.06. The number of carboxylic acids is 2. The first-order chi connectivity index (χ1) is 19.4. The molecule has 41 heavy (non-hydrogen) atoms. The molecule has 0 bridgehead atoms. The van der Waals surface area contributed by atoms with E-state index < -0.39 is 53.8 Å². The lowest BCUT2D eigenvalue weighted by atomic mass is 10.0. The second kappa shape index (κ2) is 18.9. The van der Waals surface area contributed by atoms with Gasteiger partial charge in [0.15, 0.2) is 5.96 Å². The summed E-state index contributed by atoms with van der Waals surface area (Å²) in [4.78, 5) is 65.6. The predicted molar refractivity (Wildman–Crippen MR) is 151 cm³/mol. The minimum absolute atomic E-state index is 0.0439. The second-order valence-electron chi connectivity index (χ2n) is 9.48. The van der Waals surface area contributed by atoms with Gasteiger partial charge in [0, 0.05) is 19.4 Å². The number of benzene rings is 1. The standard InChI is InChI=1S/C26H42N8O7/c27-13-5-4-9-18(23(38)33-19(25(40)41)10-6-14-31-26(29)30)32-24(39)20(15-16-7-2-1-3-8-16)34-22(37)17(28)11-12-21(35)36/h1-3,7-8,17-20H,4-6,9-15,27-28H2,(H,32,39)(H,33,38)(H,34,37)(H,35,36)(H,40,41)(H4,29,30,31). The zero-order valence-corrected chi connectivity index (χ0v) is 23.0. The summed E-state index contributed by atoms with van der Waals surface area (Å²) in [6.07, 6.45) is 1.11. The molecule has 0 heterocycles. The molecular weight excluding hydrogens is 536 g/mol. The molecule has 1 aromatic rings. The fourth-order valence-corrected chi connectivity index (χ4v) is 3.82. The molecule has 15 heteroatoms. The van der Waals surface area contributed by atoms with Gasteiger partial charge in [0.2, 0.25) is 17.7 Å². The quantitative estimate of drug-likeness (QED) is 0.0470. The molecule has 0 radical (unpaired) electrons. The van der Waals surface area contributed by atoms with E-state index in [-0.39, 0.29) is 51.0 Å². The van der Waals surface area contributed by atoms with E-state index in [1.165, 1.54) is 0 Å². The van der Waals surface area contributed by atoms with Crippen LogP contribution >= 0.6 is 0 Å². The number of hydrogen-bond acceptors (Lipinski definition) is 8. The Morgan fingerprint density at radius 2 is 1.37 bits per heavy atom. The van der Waals surface area contributed by atoms with Gasteiger partial charge in [-0.3, -0.25) is 24.2 Å². The van der Waals surface area contributed by atoms with Crippen LogP contribution in [0.25, 0.3) is 0 Å². The smallest absolute Gasteiger partial charge is 0.326 e. The van der Waals surface area contributed by atoms with E-state index in [0.717, 1.165) is 0 Å². The molecule has 0 spiro atoms. The van der Waals surface area contributed by atoms with Gasteiger partial charge < -0.3 is 49.1 Å². The summed E-state index contributed by atoms with van der Waals surface area (Å²) in [6.45, 7) is 0.528. The van der Waals surface area contributed by atoms with E-state index in [9.17, 15) is 29.1 Å². The Morgan fingerprint density at radius 1 is 0.780 bits per heavy atom. The molecule has 15 nitrogen and oxygen atoms in total. The van der Waals surface area contributed by atoms with E-state index in [1.54, 1.807) is 30.3 Å². The van der Waals surface area contributed by atoms with E-state index in [2.05, 4.69) is 20.9 Å². The Kier molecular flexibility index (Phi) is 16.1. The molecule has 0 aliphatic rings. The van der Waals surface area contributed by atoms with Crippen LogP contribution in [0.1, 0.15) is 50.5 Å². The lowest BCUT2D eigenvalue weighted by Crippen LogP contribution is -2.57. The molecule has 0 saturated heterocycles. The van der Waals surface area contributed by atoms with Crippen molar-refractivity contribution in [3.63, 3.8) is 0 Å². The number of nitrogens with one attached hydrogen (secondary N) is 3. The molecule has 0 fully saturated rings. The number of aliphatic imine (C=N–C) groups is 1. The van der Waals surface area contributed by atoms with Crippen LogP contribution in [0.3, 0.4) is 0 Å². The van der Waals surface area contributed by atoms with Crippen molar-refractivity contribution < 1.29 is 34.2 Å². The summed E-state index contributed by atoms with van der Waals surface area (Å²) in [5.74, 6) is -4.65. The van der Waals surface area contributed by atoms with Gasteiger partial charge >= 0.3 is 11.9 Å². The fourth-order valence-electron chi connectivity index (χ4n) is 3.82. The predicted octanol–water partition coefficient (Wildman–Crippen LogP) is -1.86. The van der Waals surface area contributed by atoms with Gasteiger partial charge in [0.05, 0.1) is 6.04 Å². The largest absolute Gasteiger partial charge is 0.481 e. The van der Waals surface area contributed by atoms with Gasteiger partial charge in [-0.15, -0.1) is 0 Å². The number of unbranched alkanes of at least 4 members (excludes halogenated alkanes) is 1. The van der Waals surface area contributed by atoms with E-state index in [4.69, 9.17) is 28.0 Å². The second-order valence-corrected chi connectivity index (χ2v) is 9.48. The van der Waals surface area contributed by atoms with Gasteiger partial charge in [0.1, 0.15) is 18.1 Å². The van der Waals surface area contributed by atoms with Crippen molar-refractivity contribution in [3.05, 3.63) is 35.9 Å². The van der Waals surface area contributed by atoms with Gasteiger partial charge in [-0.2, -0.15) is 0 Å². The highest BCUT2D eigenvalue weighted by atomic mass is 16.4. The fraction of sp³-hybridized carbons (Fsp3) is 0.538. The Morgan fingerprint density at radius 3 is 1.95 bits per heavy atom. The van der Waals surface area contributed by atoms with Crippen LogP contribution in [0.15, 0.2) is 35.3 Å². The summed E-state index contributed by atoms with van der Waals surface area (Å²) < 4.78 is 0. The molecule has 4 unspecified atom stereocenters. The van der Waals surface area contributed by atoms with Crippen molar-refractivity contribution in [3.8, 4) is 0 Å². The van der Waals surface area contributed by atoms with Gasteiger partial charge in [-0.1, -0.05) is 30.3 Å². The first-order valence-electron chi connectivity index (χ1n) is 13.3. The number of nitrogens with zero attached hydrogens (tertiary/aromatic N) is 1. The monoisotopic (exact) mass is 578 g/mol. The zero-order valence-electron chi connectivity index (χ0n) is 23.0. The molecule has 228 valence electrons. The first kappa shape index (κ1) is 34.8. The van der Waals surface area contributed by atoms with Gasteiger partial charge in [0.25, 0.3) is 0 Å². The highest BCUT2D eigenvalue weighted by Crippen LogP contribution is 2.08. The third kappa shape index (κ3) is 14.6. The number of nitrogens with two attached hydrogens (primary N) is 4. The molecule has 3 amide bonds. The normalized spacial score (nSPS) is 13.6. The highest BCUT2D eigenvalue weighted by Gasteiger charge is 2.30. The van der Waals surface area contributed by atoms with Crippen molar-refractivity contribution in [2.24, 2.45) is 27.9 Å². The maximum Gasteiger partial charge on any atom is 0.326 e. The SMILES string of the molecule is NCCCCC(NC(=O)C(Cc1ccccc1)NC(=O)C(N)CCC(=O)O)C(=O)NC(CCCN=C(N)N)C(=O)O. The number of rotatable bonds is 20. The molecule has 0 aliphatic heterocycles. The molecule has 0 aliphatic carbocycles. The van der Waals surface area contributed by atoms with Gasteiger partial charge in [-0.25, -0.2) is 4.79 Å². The molecular formula is C26H42N8O7. The maximum atomic E-state index is 13.4. The molecule has 13 N–H and O–H groups in total. The van der Waals surface area contributed by atoms with Gasteiger partial charge in [-0.05, 0) is 50.6 Å². The summed E-state index contributed by atoms with van der Waals surface area (Å²) in [5.41, 5.74) is 22.7. The lowest BCUT2D eigenvalue weighted by Gasteiger charge is -2.25. The molecule has 1 aromatic carbocycles.